The normalized spacial score (nSPS) is 22.7. The lowest BCUT2D eigenvalue weighted by Gasteiger charge is -1.96. The zero-order valence-corrected chi connectivity index (χ0v) is 5.18. The minimum Gasteiger partial charge on any atom is -0.355 e. The largest absolute Gasteiger partial charge is 0.355 e. The zero-order chi connectivity index (χ0) is 5.28. The van der Waals surface area contributed by atoms with Gasteiger partial charge < -0.3 is 5.32 Å². The van der Waals surface area contributed by atoms with E-state index in [0.717, 1.165) is 4.32 Å². The molecule has 3 nitrogen and oxygen atoms in total. The zero-order valence-electron chi connectivity index (χ0n) is 3.55. The topological polar surface area (TPSA) is 41.3 Å². The molecule has 1 rings (SSSR count). The van der Waals surface area contributed by atoms with E-state index >= 15 is 0 Å². The molecule has 0 atom stereocenters. The summed E-state index contributed by atoms with van der Waals surface area (Å²) >= 11 is 6.08. The smallest absolute Gasteiger partial charge is 0.151 e. The molecule has 1 fully saturated rings. The van der Waals surface area contributed by atoms with Crippen molar-refractivity contribution in [2.24, 2.45) is 5.84 Å². The average Bonchev–Trinajstić information content (AvgIpc) is 1.87. The van der Waals surface area contributed by atoms with Gasteiger partial charge in [-0.25, -0.2) is 0 Å². The van der Waals surface area contributed by atoms with Gasteiger partial charge in [0.25, 0.3) is 0 Å². The van der Waals surface area contributed by atoms with Gasteiger partial charge >= 0.3 is 0 Å². The minimum atomic E-state index is 0.656. The van der Waals surface area contributed by atoms with Gasteiger partial charge in [-0.2, -0.15) is 4.41 Å². The molecule has 1 saturated heterocycles. The molecule has 7 heavy (non-hydrogen) atoms. The highest BCUT2D eigenvalue weighted by molar-refractivity contribution is 8.21. The predicted molar refractivity (Wildman–Crippen MR) is 34.2 cm³/mol. The lowest BCUT2D eigenvalue weighted by atomic mass is 11.1. The number of hydrogen-bond acceptors (Lipinski definition) is 4. The molecule has 3 N–H and O–H groups in total. The molecule has 0 saturated carbocycles. The number of rotatable bonds is 0. The van der Waals surface area contributed by atoms with E-state index in [4.69, 9.17) is 18.1 Å². The molecule has 0 aromatic carbocycles. The summed E-state index contributed by atoms with van der Waals surface area (Å²) in [6.07, 6.45) is 0. The highest BCUT2D eigenvalue weighted by Gasteiger charge is 2.10. The Balaban J connectivity index is 2.40. The molecule has 1 aliphatic rings. The summed E-state index contributed by atoms with van der Waals surface area (Å²) in [5.74, 6) is 5.27. The van der Waals surface area contributed by atoms with Crippen LogP contribution in [0, 0.1) is 0 Å². The first-order valence-electron chi connectivity index (χ1n) is 1.77. The van der Waals surface area contributed by atoms with Crippen LogP contribution in [0.25, 0.3) is 0 Å². The molecule has 0 unspecified atom stereocenters. The highest BCUT2D eigenvalue weighted by atomic mass is 32.2. The Labute approximate surface area is 51.3 Å². The Morgan fingerprint density at radius 2 is 2.71 bits per heavy atom. The van der Waals surface area contributed by atoms with Gasteiger partial charge in [0.1, 0.15) is 0 Å². The van der Waals surface area contributed by atoms with Crippen molar-refractivity contribution in [3.8, 4) is 0 Å². The van der Waals surface area contributed by atoms with Gasteiger partial charge in [0.05, 0.1) is 6.67 Å². The first-order valence-corrected chi connectivity index (χ1v) is 2.95. The molecule has 5 heteroatoms. The summed E-state index contributed by atoms with van der Waals surface area (Å²) in [6.45, 7) is 0.656. The van der Waals surface area contributed by atoms with Crippen LogP contribution in [0.3, 0.4) is 0 Å². The fourth-order valence-corrected chi connectivity index (χ4v) is 1.14. The maximum atomic E-state index is 5.27. The van der Waals surface area contributed by atoms with E-state index in [1.165, 1.54) is 11.9 Å². The lowest BCUT2D eigenvalue weighted by molar-refractivity contribution is 0.507. The minimum absolute atomic E-state index is 0.656. The SMILES string of the molecule is NN1CNC(=S)S1. The van der Waals surface area contributed by atoms with Gasteiger partial charge in [-0.1, -0.05) is 12.2 Å². The third-order valence-electron chi connectivity index (χ3n) is 0.579. The summed E-state index contributed by atoms with van der Waals surface area (Å²) in [5, 5.41) is 2.86. The number of nitrogens with one attached hydrogen (secondary N) is 1. The fraction of sp³-hybridized carbons (Fsp3) is 0.500. The predicted octanol–water partition coefficient (Wildman–Crippen LogP) is -0.344. The monoisotopic (exact) mass is 135 g/mol. The molecule has 1 aliphatic heterocycles. The Bertz CT molecular complexity index is 92.9. The summed E-state index contributed by atoms with van der Waals surface area (Å²) in [4.78, 5) is 0. The van der Waals surface area contributed by atoms with E-state index in [1.807, 2.05) is 0 Å². The third-order valence-corrected chi connectivity index (χ3v) is 1.62. The molecule has 0 bridgehead atoms. The second-order valence-electron chi connectivity index (χ2n) is 1.13. The summed E-state index contributed by atoms with van der Waals surface area (Å²) in [6, 6.07) is 0. The lowest BCUT2D eigenvalue weighted by Crippen LogP contribution is -2.24. The number of nitrogens with two attached hydrogens (primary N) is 1. The van der Waals surface area contributed by atoms with E-state index in [2.05, 4.69) is 5.32 Å². The van der Waals surface area contributed by atoms with Gasteiger partial charge in [0.15, 0.2) is 4.32 Å². The number of thiocarbonyl (C=S) groups is 1. The Hall–Kier alpha value is 0.160. The Kier molecular flexibility index (Phi) is 1.48. The first kappa shape index (κ1) is 5.30. The standard InChI is InChI=1S/C2H5N3S2/c3-5-1-4-2(6)7-5/h1,3H2,(H,4,6). The van der Waals surface area contributed by atoms with Gasteiger partial charge in [-0.15, -0.1) is 0 Å². The highest BCUT2D eigenvalue weighted by Crippen LogP contribution is 2.09. The van der Waals surface area contributed by atoms with Crippen molar-refractivity contribution < 1.29 is 0 Å². The van der Waals surface area contributed by atoms with Crippen molar-refractivity contribution in [3.63, 3.8) is 0 Å². The molecule has 0 amide bonds. The van der Waals surface area contributed by atoms with Crippen molar-refractivity contribution in [2.75, 3.05) is 6.67 Å². The molecule has 0 aromatic heterocycles. The van der Waals surface area contributed by atoms with Crippen molar-refractivity contribution in [2.45, 2.75) is 0 Å². The van der Waals surface area contributed by atoms with Crippen LogP contribution in [0.15, 0.2) is 0 Å². The summed E-state index contributed by atoms with van der Waals surface area (Å²) < 4.78 is 2.30. The second-order valence-corrected chi connectivity index (χ2v) is 2.86. The second kappa shape index (κ2) is 1.95. The van der Waals surface area contributed by atoms with Crippen LogP contribution in [-0.4, -0.2) is 15.4 Å². The van der Waals surface area contributed by atoms with Crippen LogP contribution < -0.4 is 11.2 Å². The van der Waals surface area contributed by atoms with Crippen LogP contribution in [0.4, 0.5) is 0 Å². The molecule has 1 heterocycles. The molecular weight excluding hydrogens is 130 g/mol. The summed E-state index contributed by atoms with van der Waals surface area (Å²) in [5.41, 5.74) is 0. The van der Waals surface area contributed by atoms with Gasteiger partial charge in [-0.3, -0.25) is 5.84 Å². The fourth-order valence-electron chi connectivity index (χ4n) is 0.314. The first-order chi connectivity index (χ1) is 3.29. The van der Waals surface area contributed by atoms with Gasteiger partial charge in [0, 0.05) is 11.9 Å². The molecule has 40 valence electrons. The molecule has 0 aromatic rings. The number of nitrogens with zero attached hydrogens (tertiary/aromatic N) is 1. The van der Waals surface area contributed by atoms with Crippen molar-refractivity contribution in [1.82, 2.24) is 9.73 Å². The van der Waals surface area contributed by atoms with Crippen LogP contribution >= 0.6 is 24.2 Å². The van der Waals surface area contributed by atoms with Gasteiger partial charge in [0.2, 0.25) is 0 Å². The molecule has 0 spiro atoms. The van der Waals surface area contributed by atoms with Crippen LogP contribution in [-0.2, 0) is 0 Å². The quantitative estimate of drug-likeness (QED) is 0.270. The molecule has 0 radical (unpaired) electrons. The van der Waals surface area contributed by atoms with E-state index < -0.39 is 0 Å². The average molecular weight is 135 g/mol. The number of hydrazine groups is 1. The van der Waals surface area contributed by atoms with Gasteiger partial charge in [-0.05, 0) is 0 Å². The maximum absolute atomic E-state index is 5.27. The van der Waals surface area contributed by atoms with Crippen molar-refractivity contribution in [1.29, 1.82) is 0 Å². The summed E-state index contributed by atoms with van der Waals surface area (Å²) in [7, 11) is 0. The van der Waals surface area contributed by atoms with Crippen LogP contribution in [0.5, 0.6) is 0 Å². The van der Waals surface area contributed by atoms with Crippen LogP contribution in [0.2, 0.25) is 0 Å². The van der Waals surface area contributed by atoms with Crippen molar-refractivity contribution in [3.05, 3.63) is 0 Å². The van der Waals surface area contributed by atoms with E-state index in [0.29, 0.717) is 6.67 Å². The van der Waals surface area contributed by atoms with E-state index in [-0.39, 0.29) is 0 Å². The van der Waals surface area contributed by atoms with E-state index in [1.54, 1.807) is 4.41 Å². The van der Waals surface area contributed by atoms with Crippen LogP contribution in [0.1, 0.15) is 0 Å². The Morgan fingerprint density at radius 1 is 2.00 bits per heavy atom. The third kappa shape index (κ3) is 1.27. The van der Waals surface area contributed by atoms with Crippen molar-refractivity contribution >= 4 is 28.5 Å². The number of hydrogen-bond donors (Lipinski definition) is 2. The molecule has 0 aliphatic carbocycles. The maximum Gasteiger partial charge on any atom is 0.151 e. The van der Waals surface area contributed by atoms with E-state index in [9.17, 15) is 0 Å². The Morgan fingerprint density at radius 3 is 2.86 bits per heavy atom. The molecular formula is C2H5N3S2.